The molecule has 0 aliphatic heterocycles. The van der Waals surface area contributed by atoms with Gasteiger partial charge in [0.15, 0.2) is 5.78 Å². The summed E-state index contributed by atoms with van der Waals surface area (Å²) in [7, 11) is 0. The predicted molar refractivity (Wildman–Crippen MR) is 52.7 cm³/mol. The molecule has 0 amide bonds. The van der Waals surface area contributed by atoms with Crippen molar-refractivity contribution >= 4 is 11.8 Å². The van der Waals surface area contributed by atoms with Crippen LogP contribution in [0.1, 0.15) is 26.2 Å². The summed E-state index contributed by atoms with van der Waals surface area (Å²) in [5, 5.41) is 0. The van der Waals surface area contributed by atoms with Gasteiger partial charge in [-0.15, -0.1) is 0 Å². The molecule has 1 rings (SSSR count). The van der Waals surface area contributed by atoms with Crippen LogP contribution in [0.3, 0.4) is 0 Å². The molecule has 0 atom stereocenters. The van der Waals surface area contributed by atoms with Crippen molar-refractivity contribution in [3.63, 3.8) is 0 Å². The largest absolute Gasteiger partial charge is 0.462 e. The lowest BCUT2D eigenvalue weighted by Crippen LogP contribution is -2.17. The molecule has 1 aliphatic rings. The quantitative estimate of drug-likeness (QED) is 0.389. The number of allylic oxidation sites excluding steroid dienone is 3. The van der Waals surface area contributed by atoms with Crippen LogP contribution in [0.2, 0.25) is 0 Å². The number of esters is 1. The zero-order chi connectivity index (χ0) is 10.4. The zero-order valence-electron chi connectivity index (χ0n) is 8.29. The maximum atomic E-state index is 11.3. The van der Waals surface area contributed by atoms with E-state index in [0.29, 0.717) is 13.0 Å². The summed E-state index contributed by atoms with van der Waals surface area (Å²) in [6, 6.07) is 0. The van der Waals surface area contributed by atoms with E-state index in [1.54, 1.807) is 12.2 Å². The number of unbranched alkanes of at least 4 members (excludes halogenated alkanes) is 1. The second-order valence-electron chi connectivity index (χ2n) is 3.13. The second-order valence-corrected chi connectivity index (χ2v) is 3.13. The molecule has 0 aromatic carbocycles. The Hall–Kier alpha value is -1.38. The van der Waals surface area contributed by atoms with Crippen molar-refractivity contribution in [1.82, 2.24) is 0 Å². The lowest BCUT2D eigenvalue weighted by atomic mass is 10.0. The first-order valence-corrected chi connectivity index (χ1v) is 4.83. The van der Waals surface area contributed by atoms with Gasteiger partial charge in [0.2, 0.25) is 0 Å². The molecule has 0 bridgehead atoms. The van der Waals surface area contributed by atoms with Crippen LogP contribution in [-0.2, 0) is 14.3 Å². The maximum absolute atomic E-state index is 11.3. The predicted octanol–water partition coefficient (Wildman–Crippen LogP) is 1.79. The fourth-order valence-corrected chi connectivity index (χ4v) is 1.11. The van der Waals surface area contributed by atoms with Crippen LogP contribution in [0.4, 0.5) is 0 Å². The molecule has 0 radical (unpaired) electrons. The van der Waals surface area contributed by atoms with Gasteiger partial charge >= 0.3 is 5.97 Å². The minimum atomic E-state index is -0.493. The van der Waals surface area contributed by atoms with E-state index in [2.05, 4.69) is 0 Å². The summed E-state index contributed by atoms with van der Waals surface area (Å²) in [5.41, 5.74) is 0.170. The molecule has 76 valence electrons. The number of ether oxygens (including phenoxy) is 1. The highest BCUT2D eigenvalue weighted by Gasteiger charge is 2.19. The molecule has 0 spiro atoms. The summed E-state index contributed by atoms with van der Waals surface area (Å²) < 4.78 is 4.93. The molecule has 1 aliphatic carbocycles. The molecule has 0 unspecified atom stereocenters. The van der Waals surface area contributed by atoms with E-state index in [0.717, 1.165) is 12.8 Å². The Morgan fingerprint density at radius 2 is 2.36 bits per heavy atom. The lowest BCUT2D eigenvalue weighted by Gasteiger charge is -2.07. The normalized spacial score (nSPS) is 15.2. The average molecular weight is 194 g/mol. The molecule has 0 N–H and O–H groups in total. The topological polar surface area (TPSA) is 43.4 Å². The second kappa shape index (κ2) is 5.37. The Morgan fingerprint density at radius 3 is 3.00 bits per heavy atom. The molecular formula is C11H14O3. The van der Waals surface area contributed by atoms with E-state index in [9.17, 15) is 9.59 Å². The third-order valence-corrected chi connectivity index (χ3v) is 1.95. The number of carbonyl (C=O) groups excluding carboxylic acids is 2. The Labute approximate surface area is 83.4 Å². The van der Waals surface area contributed by atoms with Gasteiger partial charge in [0.25, 0.3) is 0 Å². The summed E-state index contributed by atoms with van der Waals surface area (Å²) >= 11 is 0. The number of hydrogen-bond acceptors (Lipinski definition) is 3. The van der Waals surface area contributed by atoms with E-state index in [1.165, 1.54) is 6.08 Å². The molecule has 0 fully saturated rings. The molecular weight excluding hydrogens is 180 g/mol. The molecule has 3 nitrogen and oxygen atoms in total. The lowest BCUT2D eigenvalue weighted by molar-refractivity contribution is -0.140. The van der Waals surface area contributed by atoms with Gasteiger partial charge in [0.05, 0.1) is 6.61 Å². The summed E-state index contributed by atoms with van der Waals surface area (Å²) in [6.07, 6.45) is 7.06. The van der Waals surface area contributed by atoms with Crippen molar-refractivity contribution in [2.24, 2.45) is 0 Å². The van der Waals surface area contributed by atoms with E-state index in [4.69, 9.17) is 4.74 Å². The fraction of sp³-hybridized carbons (Fsp3) is 0.455. The fourth-order valence-electron chi connectivity index (χ4n) is 1.11. The Balaban J connectivity index is 2.47. The van der Waals surface area contributed by atoms with Crippen LogP contribution in [0.5, 0.6) is 0 Å². The van der Waals surface area contributed by atoms with Crippen LogP contribution < -0.4 is 0 Å². The van der Waals surface area contributed by atoms with Gasteiger partial charge < -0.3 is 4.74 Å². The van der Waals surface area contributed by atoms with Gasteiger partial charge in [0.1, 0.15) is 5.57 Å². The van der Waals surface area contributed by atoms with E-state index in [-0.39, 0.29) is 11.4 Å². The summed E-state index contributed by atoms with van der Waals surface area (Å²) in [4.78, 5) is 22.6. The first-order chi connectivity index (χ1) is 6.75. The van der Waals surface area contributed by atoms with Gasteiger partial charge in [-0.2, -0.15) is 0 Å². The number of rotatable bonds is 4. The minimum Gasteiger partial charge on any atom is -0.462 e. The minimum absolute atomic E-state index is 0.158. The van der Waals surface area contributed by atoms with E-state index >= 15 is 0 Å². The number of Topliss-reactive ketones (excluding diaryl/α,β-unsaturated/α-hetero) is 1. The van der Waals surface area contributed by atoms with Crippen LogP contribution in [0, 0.1) is 0 Å². The van der Waals surface area contributed by atoms with Gasteiger partial charge in [-0.25, -0.2) is 4.79 Å². The van der Waals surface area contributed by atoms with Crippen LogP contribution in [0.15, 0.2) is 23.8 Å². The smallest absolute Gasteiger partial charge is 0.341 e. The van der Waals surface area contributed by atoms with Crippen molar-refractivity contribution in [2.45, 2.75) is 26.2 Å². The van der Waals surface area contributed by atoms with Crippen molar-refractivity contribution < 1.29 is 14.3 Å². The Bertz CT molecular complexity index is 287. The number of ketones is 1. The Kier molecular flexibility index (Phi) is 4.11. The van der Waals surface area contributed by atoms with Gasteiger partial charge in [-0.05, 0) is 12.5 Å². The van der Waals surface area contributed by atoms with Crippen LogP contribution in [0.25, 0.3) is 0 Å². The number of hydrogen-bond donors (Lipinski definition) is 0. The van der Waals surface area contributed by atoms with Gasteiger partial charge in [0, 0.05) is 6.42 Å². The summed E-state index contributed by atoms with van der Waals surface area (Å²) in [5.74, 6) is -0.651. The van der Waals surface area contributed by atoms with Gasteiger partial charge in [-0.1, -0.05) is 25.5 Å². The van der Waals surface area contributed by atoms with Crippen molar-refractivity contribution in [1.29, 1.82) is 0 Å². The highest BCUT2D eigenvalue weighted by atomic mass is 16.5. The highest BCUT2D eigenvalue weighted by Crippen LogP contribution is 2.09. The standard InChI is InChI=1S/C11H14O3/c1-2-3-8-14-11(13)9-6-4-5-7-10(9)12/h4-6H,2-3,7-8H2,1H3. The molecule has 0 aromatic rings. The first kappa shape index (κ1) is 10.7. The SMILES string of the molecule is CCCCOC(=O)C1=CC=CCC1=O. The Morgan fingerprint density at radius 1 is 1.57 bits per heavy atom. The molecule has 3 heteroatoms. The van der Waals surface area contributed by atoms with Crippen molar-refractivity contribution in [3.05, 3.63) is 23.8 Å². The molecule has 0 saturated heterocycles. The monoisotopic (exact) mass is 194 g/mol. The molecule has 0 saturated carbocycles. The summed E-state index contributed by atoms with van der Waals surface area (Å²) in [6.45, 7) is 2.41. The van der Waals surface area contributed by atoms with E-state index < -0.39 is 5.97 Å². The highest BCUT2D eigenvalue weighted by molar-refractivity contribution is 6.18. The van der Waals surface area contributed by atoms with E-state index in [1.807, 2.05) is 6.92 Å². The van der Waals surface area contributed by atoms with Crippen molar-refractivity contribution in [3.8, 4) is 0 Å². The van der Waals surface area contributed by atoms with Crippen LogP contribution >= 0.6 is 0 Å². The molecule has 0 aromatic heterocycles. The molecule has 14 heavy (non-hydrogen) atoms. The number of carbonyl (C=O) groups is 2. The van der Waals surface area contributed by atoms with Gasteiger partial charge in [-0.3, -0.25) is 4.79 Å². The first-order valence-electron chi connectivity index (χ1n) is 4.83. The van der Waals surface area contributed by atoms with Crippen LogP contribution in [-0.4, -0.2) is 18.4 Å². The average Bonchev–Trinajstić information content (AvgIpc) is 2.18. The maximum Gasteiger partial charge on any atom is 0.341 e. The van der Waals surface area contributed by atoms with Crippen molar-refractivity contribution in [2.75, 3.05) is 6.61 Å². The molecule has 0 heterocycles. The third-order valence-electron chi connectivity index (χ3n) is 1.95. The zero-order valence-corrected chi connectivity index (χ0v) is 8.29. The third kappa shape index (κ3) is 2.83.